The Morgan fingerprint density at radius 3 is 0.621 bits per heavy atom. The molecule has 0 aliphatic rings. The highest BCUT2D eigenvalue weighted by molar-refractivity contribution is 6.27. The van der Waals surface area contributed by atoms with E-state index in [1.54, 1.807) is 0 Å². The first kappa shape index (κ1) is 37.9. The van der Waals surface area contributed by atoms with E-state index in [-0.39, 0.29) is 0 Å². The molecule has 0 amide bonds. The van der Waals surface area contributed by atoms with Crippen molar-refractivity contribution >= 4 is 64.6 Å². The number of rotatable bonds is 6. The van der Waals surface area contributed by atoms with Gasteiger partial charge in [-0.05, 0) is 144 Å². The molecule has 0 spiro atoms. The van der Waals surface area contributed by atoms with Gasteiger partial charge in [-0.2, -0.15) is 0 Å². The second kappa shape index (κ2) is 15.6. The van der Waals surface area contributed by atoms with Crippen molar-refractivity contribution in [3.8, 4) is 66.8 Å². The van der Waals surface area contributed by atoms with Crippen LogP contribution in [0.25, 0.3) is 131 Å². The summed E-state index contributed by atoms with van der Waals surface area (Å²) in [7, 11) is 0. The largest absolute Gasteiger partial charge is 0.0622 e. The molecule has 306 valence electrons. The zero-order chi connectivity index (χ0) is 43.6. The maximum absolute atomic E-state index is 2.48. The van der Waals surface area contributed by atoms with Gasteiger partial charge in [0.15, 0.2) is 0 Å². The molecule has 0 N–H and O–H groups in total. The molecule has 0 heterocycles. The molecular formula is C66H42. The van der Waals surface area contributed by atoms with Crippen molar-refractivity contribution in [3.63, 3.8) is 0 Å². The van der Waals surface area contributed by atoms with E-state index in [2.05, 4.69) is 255 Å². The van der Waals surface area contributed by atoms with Gasteiger partial charge in [-0.3, -0.25) is 0 Å². The summed E-state index contributed by atoms with van der Waals surface area (Å²) in [5, 5.41) is 15.0. The van der Waals surface area contributed by atoms with Crippen LogP contribution in [0.15, 0.2) is 255 Å². The first-order valence-electron chi connectivity index (χ1n) is 22.9. The van der Waals surface area contributed by atoms with Gasteiger partial charge >= 0.3 is 0 Å². The van der Waals surface area contributed by atoms with E-state index < -0.39 is 0 Å². The summed E-state index contributed by atoms with van der Waals surface area (Å²) in [6.45, 7) is 0. The van der Waals surface area contributed by atoms with Gasteiger partial charge in [0, 0.05) is 0 Å². The molecule has 0 aromatic heterocycles. The number of benzene rings is 13. The number of fused-ring (bicyclic) bond motifs is 8. The smallest absolute Gasteiger partial charge is 0.00201 e. The zero-order valence-electron chi connectivity index (χ0n) is 36.2. The van der Waals surface area contributed by atoms with E-state index in [4.69, 9.17) is 0 Å². The Bertz CT molecular complexity index is 3680. The lowest BCUT2D eigenvalue weighted by atomic mass is 9.81. The SMILES string of the molecule is c1ccc(-c2c(-c3ccccc3)c3cc(-c4c5ccccc5c(-c5ccc6c(c5)c(-c5ccccc5)c(-c5ccccc5)c5ccccc56)c5ccccc45)ccc3c3ccccc23)cc1. The molecule has 66 heavy (non-hydrogen) atoms. The van der Waals surface area contributed by atoms with Gasteiger partial charge in [0.05, 0.1) is 0 Å². The van der Waals surface area contributed by atoms with Crippen molar-refractivity contribution in [2.45, 2.75) is 0 Å². The average Bonchev–Trinajstić information content (AvgIpc) is 3.40. The van der Waals surface area contributed by atoms with Crippen LogP contribution < -0.4 is 0 Å². The predicted molar refractivity (Wildman–Crippen MR) is 284 cm³/mol. The topological polar surface area (TPSA) is 0 Å². The molecule has 13 aromatic rings. The Morgan fingerprint density at radius 2 is 0.333 bits per heavy atom. The van der Waals surface area contributed by atoms with Crippen molar-refractivity contribution in [3.05, 3.63) is 255 Å². The Hall–Kier alpha value is -8.58. The first-order chi connectivity index (χ1) is 32.8. The lowest BCUT2D eigenvalue weighted by molar-refractivity contribution is 1.62. The molecule has 0 aliphatic carbocycles. The number of hydrogen-bond acceptors (Lipinski definition) is 0. The van der Waals surface area contributed by atoms with Crippen molar-refractivity contribution in [2.75, 3.05) is 0 Å². The molecule has 0 saturated heterocycles. The normalized spacial score (nSPS) is 11.6. The van der Waals surface area contributed by atoms with E-state index in [1.807, 2.05) is 0 Å². The second-order valence-corrected chi connectivity index (χ2v) is 17.4. The van der Waals surface area contributed by atoms with E-state index >= 15 is 0 Å². The summed E-state index contributed by atoms with van der Waals surface area (Å²) in [5.41, 5.74) is 14.8. The average molecular weight is 835 g/mol. The van der Waals surface area contributed by atoms with E-state index in [1.165, 1.54) is 131 Å². The summed E-state index contributed by atoms with van der Waals surface area (Å²) in [5.74, 6) is 0. The van der Waals surface area contributed by atoms with Crippen molar-refractivity contribution in [2.24, 2.45) is 0 Å². The Kier molecular flexibility index (Phi) is 8.96. The van der Waals surface area contributed by atoms with Gasteiger partial charge in [-0.1, -0.05) is 243 Å². The van der Waals surface area contributed by atoms with E-state index in [9.17, 15) is 0 Å². The minimum atomic E-state index is 1.21. The van der Waals surface area contributed by atoms with Gasteiger partial charge in [-0.15, -0.1) is 0 Å². The van der Waals surface area contributed by atoms with Crippen LogP contribution in [0.5, 0.6) is 0 Å². The summed E-state index contributed by atoms with van der Waals surface area (Å²) in [6, 6.07) is 94.2. The fourth-order valence-electron chi connectivity index (χ4n) is 11.1. The monoisotopic (exact) mass is 834 g/mol. The van der Waals surface area contributed by atoms with Crippen LogP contribution in [0.2, 0.25) is 0 Å². The van der Waals surface area contributed by atoms with Crippen LogP contribution in [-0.4, -0.2) is 0 Å². The van der Waals surface area contributed by atoms with Crippen LogP contribution >= 0.6 is 0 Å². The zero-order valence-corrected chi connectivity index (χ0v) is 36.2. The molecule has 13 rings (SSSR count). The minimum absolute atomic E-state index is 1.21. The molecule has 0 bridgehead atoms. The van der Waals surface area contributed by atoms with Gasteiger partial charge < -0.3 is 0 Å². The molecule has 0 fully saturated rings. The van der Waals surface area contributed by atoms with Crippen LogP contribution in [0, 0.1) is 0 Å². The highest BCUT2D eigenvalue weighted by atomic mass is 14.3. The third-order valence-corrected chi connectivity index (χ3v) is 13.8. The molecule has 0 saturated carbocycles. The summed E-state index contributed by atoms with van der Waals surface area (Å²) in [4.78, 5) is 0. The third-order valence-electron chi connectivity index (χ3n) is 13.8. The number of hydrogen-bond donors (Lipinski definition) is 0. The van der Waals surface area contributed by atoms with Crippen LogP contribution in [-0.2, 0) is 0 Å². The lowest BCUT2D eigenvalue weighted by Gasteiger charge is -2.22. The quantitative estimate of drug-likeness (QED) is 0.116. The van der Waals surface area contributed by atoms with Crippen molar-refractivity contribution < 1.29 is 0 Å². The van der Waals surface area contributed by atoms with Crippen LogP contribution in [0.1, 0.15) is 0 Å². The standard InChI is InChI=1S/C66H42/c1-5-21-43(22-6-1)63-53-31-15-13-29-49(53)51-39-37-47(41-59(51)65(63)45-25-9-3-10-26-45)61-55-33-17-19-35-57(55)62(58-36-20-18-34-56(58)61)48-38-40-52-50-30-14-16-32-54(50)64(44-23-7-2-8-24-44)66(60(52)42-48)46-27-11-4-12-28-46/h1-42H. The molecule has 0 radical (unpaired) electrons. The maximum atomic E-state index is 2.48. The molecule has 0 unspecified atom stereocenters. The Morgan fingerprint density at radius 1 is 0.121 bits per heavy atom. The van der Waals surface area contributed by atoms with Crippen molar-refractivity contribution in [1.82, 2.24) is 0 Å². The lowest BCUT2D eigenvalue weighted by Crippen LogP contribution is -1.94. The minimum Gasteiger partial charge on any atom is -0.0622 e. The highest BCUT2D eigenvalue weighted by Crippen LogP contribution is 2.50. The Balaban J connectivity index is 1.12. The van der Waals surface area contributed by atoms with Gasteiger partial charge in [-0.25, -0.2) is 0 Å². The van der Waals surface area contributed by atoms with Gasteiger partial charge in [0.2, 0.25) is 0 Å². The molecule has 0 aliphatic heterocycles. The summed E-state index contributed by atoms with van der Waals surface area (Å²) in [6.07, 6.45) is 0. The van der Waals surface area contributed by atoms with E-state index in [0.29, 0.717) is 0 Å². The molecule has 13 aromatic carbocycles. The summed E-state index contributed by atoms with van der Waals surface area (Å²) >= 11 is 0. The first-order valence-corrected chi connectivity index (χ1v) is 22.9. The fraction of sp³-hybridized carbons (Fsp3) is 0. The second-order valence-electron chi connectivity index (χ2n) is 17.4. The van der Waals surface area contributed by atoms with Crippen molar-refractivity contribution in [1.29, 1.82) is 0 Å². The maximum Gasteiger partial charge on any atom is -0.00201 e. The molecule has 0 nitrogen and oxygen atoms in total. The molecule has 0 atom stereocenters. The third kappa shape index (κ3) is 6.00. The fourth-order valence-corrected chi connectivity index (χ4v) is 11.1. The van der Waals surface area contributed by atoms with Crippen LogP contribution in [0.4, 0.5) is 0 Å². The Labute approximate surface area is 384 Å². The van der Waals surface area contributed by atoms with Gasteiger partial charge in [0.1, 0.15) is 0 Å². The molecule has 0 heteroatoms. The van der Waals surface area contributed by atoms with Crippen LogP contribution in [0.3, 0.4) is 0 Å². The summed E-state index contributed by atoms with van der Waals surface area (Å²) < 4.78 is 0. The van der Waals surface area contributed by atoms with Gasteiger partial charge in [0.25, 0.3) is 0 Å². The highest BCUT2D eigenvalue weighted by Gasteiger charge is 2.23. The molecular weight excluding hydrogens is 793 g/mol. The van der Waals surface area contributed by atoms with E-state index in [0.717, 1.165) is 0 Å². The predicted octanol–water partition coefficient (Wildman–Crippen LogP) is 18.6.